The molecule has 0 bridgehead atoms. The number of primary amides is 1. The second-order valence-electron chi connectivity index (χ2n) is 30.5. The maximum absolute atomic E-state index is 13.1. The lowest BCUT2D eigenvalue weighted by Gasteiger charge is -2.24. The number of rotatable bonds is 53. The molecule has 0 aromatic heterocycles. The van der Waals surface area contributed by atoms with Crippen molar-refractivity contribution in [3.8, 4) is 35.5 Å². The Bertz CT molecular complexity index is 2760. The number of aliphatic carboxylic acids is 1. The molecule has 0 radical (unpaired) electrons. The maximum atomic E-state index is 13.1. The van der Waals surface area contributed by atoms with Gasteiger partial charge in [0.25, 0.3) is 0 Å². The number of Topliss-reactive ketones (excluding diaryl/α,β-unsaturated/α-hetero) is 9. The fraction of sp³-hybridized carbons (Fsp3) is 0.795. The molecule has 9 N–H and O–H groups in total. The minimum atomic E-state index is -0.970. The van der Waals surface area contributed by atoms with Gasteiger partial charge in [0.1, 0.15) is 55.5 Å². The van der Waals surface area contributed by atoms with Gasteiger partial charge in [0.2, 0.25) is 0 Å². The number of urea groups is 1. The molecule has 3 aliphatic rings. The maximum Gasteiger partial charge on any atom is 0.312 e. The topological polar surface area (TPSA) is 336 Å². The molecular weight excluding hydrogens is 1320 g/mol. The first kappa shape index (κ1) is 96.2. The van der Waals surface area contributed by atoms with Crippen LogP contribution in [-0.2, 0) is 62.2 Å². The van der Waals surface area contributed by atoms with Crippen LogP contribution in [0, 0.1) is 88.8 Å². The van der Waals surface area contributed by atoms with Crippen LogP contribution >= 0.6 is 0 Å². The molecule has 0 spiro atoms. The van der Waals surface area contributed by atoms with Gasteiger partial charge in [-0.2, -0.15) is 0 Å². The van der Waals surface area contributed by atoms with Crippen LogP contribution in [0.1, 0.15) is 282 Å². The zero-order chi connectivity index (χ0) is 77.8. The molecule has 0 saturated carbocycles. The second-order valence-corrected chi connectivity index (χ2v) is 30.5. The number of carbonyl (C=O) groups excluding carboxylic acids is 10. The average molecular weight is 1460 g/mol. The number of unbranched alkanes of at least 4 members (excludes halogenated alkanes) is 1. The number of ketones is 9. The van der Waals surface area contributed by atoms with Crippen molar-refractivity contribution in [1.29, 1.82) is 0 Å². The number of carboxylic acids is 1. The van der Waals surface area contributed by atoms with Gasteiger partial charge in [-0.25, -0.2) is 4.79 Å². The van der Waals surface area contributed by atoms with Crippen molar-refractivity contribution in [3.05, 3.63) is 0 Å². The van der Waals surface area contributed by atoms with Gasteiger partial charge in [-0.05, 0) is 153 Å². The molecule has 9 atom stereocenters. The molecule has 3 aliphatic carbocycles. The van der Waals surface area contributed by atoms with Gasteiger partial charge in [-0.15, -0.1) is 17.8 Å². The fourth-order valence-electron chi connectivity index (χ4n) is 12.9. The first-order valence-electron chi connectivity index (χ1n) is 39.7. The molecule has 21 nitrogen and oxygen atoms in total. The molecule has 3 unspecified atom stereocenters. The largest absolute Gasteiger partial charge is 0.481 e. The summed E-state index contributed by atoms with van der Waals surface area (Å²) in [6.45, 7) is 25.7. The number of carbonyl (C=O) groups is 11. The highest BCUT2D eigenvalue weighted by atomic mass is 16.5. The highest BCUT2D eigenvalue weighted by Crippen LogP contribution is 2.25. The Kier molecular flexibility index (Phi) is 53.9. The number of nitrogens with two attached hydrogens (primary N) is 2. The minimum absolute atomic E-state index is 0.00405. The van der Waals surface area contributed by atoms with Crippen LogP contribution < -0.4 is 32.7 Å². The van der Waals surface area contributed by atoms with E-state index in [0.29, 0.717) is 90.5 Å². The van der Waals surface area contributed by atoms with Gasteiger partial charge < -0.3 is 52.1 Å². The van der Waals surface area contributed by atoms with E-state index in [9.17, 15) is 52.7 Å². The first-order valence-corrected chi connectivity index (χ1v) is 39.7. The van der Waals surface area contributed by atoms with Crippen molar-refractivity contribution in [2.75, 3.05) is 52.5 Å². The Balaban J connectivity index is 0.000000780. The molecule has 0 heterocycles. The molecular formula is C83H138N6O15. The summed E-state index contributed by atoms with van der Waals surface area (Å²) in [7, 11) is 0. The third-order valence-corrected chi connectivity index (χ3v) is 19.0. The van der Waals surface area contributed by atoms with Crippen LogP contribution in [0.15, 0.2) is 0 Å². The fourth-order valence-corrected chi connectivity index (χ4v) is 12.9. The molecule has 2 amide bonds. The van der Waals surface area contributed by atoms with E-state index in [1.165, 1.54) is 6.42 Å². The molecule has 3 rings (SSSR count). The number of hydrogen-bond donors (Lipinski definition) is 7. The van der Waals surface area contributed by atoms with Gasteiger partial charge in [-0.1, -0.05) is 127 Å². The van der Waals surface area contributed by atoms with Gasteiger partial charge in [0, 0.05) is 106 Å². The Hall–Kier alpha value is -5.83. The minimum Gasteiger partial charge on any atom is -0.481 e. The SMILES string of the molecule is CC(C)C(=O)[C@H](CCC(=O)O)CC(=O)[C@@H](NCCCC(=O)COC1C#CCCCCC1)C(C)C.CC(C)C(=O)[C@H](CCCCN)CC(=O)[C@@H](NCCCC(=O)COC1C#CCCCCC1)C(C)C.CC(C)C(=O)[C@H](CCCNC(N)=O)CC(=O)[C@@H](NCCCC(=O)COC1C#CCCCCC1)C(C)C. The van der Waals surface area contributed by atoms with Crippen molar-refractivity contribution in [1.82, 2.24) is 21.3 Å². The smallest absolute Gasteiger partial charge is 0.312 e. The summed E-state index contributed by atoms with van der Waals surface area (Å²) in [5, 5.41) is 21.4. The Morgan fingerprint density at radius 2 is 0.721 bits per heavy atom. The Morgan fingerprint density at radius 1 is 0.404 bits per heavy atom. The number of amides is 2. The van der Waals surface area contributed by atoms with Crippen LogP contribution in [0.5, 0.6) is 0 Å². The lowest BCUT2D eigenvalue weighted by molar-refractivity contribution is -0.138. The van der Waals surface area contributed by atoms with Crippen molar-refractivity contribution in [2.45, 2.75) is 319 Å². The lowest BCUT2D eigenvalue weighted by Crippen LogP contribution is -2.43. The van der Waals surface area contributed by atoms with Crippen molar-refractivity contribution < 1.29 is 72.1 Å². The Morgan fingerprint density at radius 3 is 1.01 bits per heavy atom. The molecule has 0 aromatic rings. The summed E-state index contributed by atoms with van der Waals surface area (Å²) in [6, 6.07) is -1.73. The standard InChI is InChI=1S/C28H47N3O5.C28H48N2O4.C27H43NO6/c1-20(2)26(25(33)18-22(27(34)21(3)4)12-10-17-31-28(29)35)30-16-11-13-23(32)19-36-24-14-8-6-5-7-9-15-24;1-21(2)27(26(32)19-23(13-10-11-17-29)28(33)22(3)4)30-18-12-14-24(31)20-34-25-15-8-6-5-7-9-16-25;1-19(2)26(24(30)17-21(14-15-25(31)32)27(33)20(3)4)28-16-10-11-22(29)18-34-23-12-8-6-5-7-9-13-23/h20-22,24,26,30H,5-8,10-14,16-19H2,1-4H3,(H3,29,31,35);21-23,25,27,30H,5-8,10-15,17-20,29H2,1-4H3;19-21,23,26,28H,5-8,10-12,14-18H2,1-4H3,(H,31,32)/t22-,24?,26+;23-,25?,27+;21-,23?,26+/m111/s1. The highest BCUT2D eigenvalue weighted by Gasteiger charge is 2.33. The number of ether oxygens (including phenoxy) is 3. The van der Waals surface area contributed by atoms with Gasteiger partial charge in [0.05, 0.1) is 18.1 Å². The number of nitrogens with one attached hydrogen (secondary N) is 4. The van der Waals surface area contributed by atoms with E-state index in [-0.39, 0.29) is 182 Å². The molecule has 0 aromatic carbocycles. The van der Waals surface area contributed by atoms with Crippen LogP contribution in [0.4, 0.5) is 4.79 Å². The third-order valence-electron chi connectivity index (χ3n) is 19.0. The Labute approximate surface area is 625 Å². The first-order chi connectivity index (χ1) is 49.5. The van der Waals surface area contributed by atoms with Gasteiger partial charge in [-0.3, -0.25) is 47.9 Å². The van der Waals surface area contributed by atoms with E-state index in [0.717, 1.165) is 103 Å². The van der Waals surface area contributed by atoms with E-state index in [4.69, 9.17) is 30.8 Å². The zero-order valence-corrected chi connectivity index (χ0v) is 66.1. The van der Waals surface area contributed by atoms with E-state index in [2.05, 4.69) is 56.8 Å². The molecule has 0 saturated heterocycles. The van der Waals surface area contributed by atoms with Crippen LogP contribution in [0.2, 0.25) is 0 Å². The number of carboxylic acid groups (broad SMARTS) is 1. The molecule has 21 heteroatoms. The van der Waals surface area contributed by atoms with Gasteiger partial charge >= 0.3 is 12.0 Å². The molecule has 0 fully saturated rings. The normalized spacial score (nSPS) is 17.8. The summed E-state index contributed by atoms with van der Waals surface area (Å²) in [4.78, 5) is 136. The quantitative estimate of drug-likeness (QED) is 0.0220. The number of hydrogen-bond acceptors (Lipinski definition) is 18. The summed E-state index contributed by atoms with van der Waals surface area (Å²) in [5.41, 5.74) is 10.7. The van der Waals surface area contributed by atoms with E-state index >= 15 is 0 Å². The van der Waals surface area contributed by atoms with E-state index < -0.39 is 24.0 Å². The zero-order valence-electron chi connectivity index (χ0n) is 66.1. The van der Waals surface area contributed by atoms with E-state index in [1.54, 1.807) is 13.8 Å². The van der Waals surface area contributed by atoms with Crippen LogP contribution in [0.25, 0.3) is 0 Å². The average Bonchev–Trinajstić information content (AvgIpc) is 0.886. The summed E-state index contributed by atoms with van der Waals surface area (Å²) >= 11 is 0. The molecule has 590 valence electrons. The molecule has 0 aliphatic heterocycles. The predicted octanol–water partition coefficient (Wildman–Crippen LogP) is 11.8. The molecule has 104 heavy (non-hydrogen) atoms. The van der Waals surface area contributed by atoms with Crippen molar-refractivity contribution in [3.63, 3.8) is 0 Å². The van der Waals surface area contributed by atoms with Crippen molar-refractivity contribution in [2.24, 2.45) is 64.7 Å². The summed E-state index contributed by atoms with van der Waals surface area (Å²) < 4.78 is 17.1. The monoisotopic (exact) mass is 1460 g/mol. The second kappa shape index (κ2) is 58.3. The summed E-state index contributed by atoms with van der Waals surface area (Å²) in [6.07, 6.45) is 22.1. The lowest BCUT2D eigenvalue weighted by atomic mass is 9.84. The van der Waals surface area contributed by atoms with Gasteiger partial charge in [0.15, 0.2) is 34.7 Å². The summed E-state index contributed by atoms with van der Waals surface area (Å²) in [5.74, 6) is 16.5. The third kappa shape index (κ3) is 46.3. The van der Waals surface area contributed by atoms with Crippen molar-refractivity contribution >= 4 is 64.0 Å². The van der Waals surface area contributed by atoms with Crippen LogP contribution in [-0.4, -0.2) is 158 Å². The van der Waals surface area contributed by atoms with Crippen LogP contribution in [0.3, 0.4) is 0 Å². The predicted molar refractivity (Wildman–Crippen MR) is 410 cm³/mol. The van der Waals surface area contributed by atoms with E-state index in [1.807, 2.05) is 69.2 Å². The highest BCUT2D eigenvalue weighted by molar-refractivity contribution is 5.93.